The molecule has 0 atom stereocenters. The topological polar surface area (TPSA) is 111 Å². The van der Waals surface area contributed by atoms with E-state index in [1.54, 1.807) is 25.1 Å². The van der Waals surface area contributed by atoms with Gasteiger partial charge in [-0.05, 0) is 25.1 Å². The lowest BCUT2D eigenvalue weighted by atomic mass is 10.2. The third kappa shape index (κ3) is 2.15. The van der Waals surface area contributed by atoms with Gasteiger partial charge in [0.05, 0.1) is 16.6 Å². The van der Waals surface area contributed by atoms with Crippen LogP contribution in [-0.4, -0.2) is 25.6 Å². The molecule has 2 aromatic heterocycles. The molecule has 0 saturated carbocycles. The zero-order valence-electron chi connectivity index (χ0n) is 10.9. The highest BCUT2D eigenvalue weighted by Gasteiger charge is 2.16. The number of aryl methyl sites for hydroxylation is 1. The number of hydrogen-bond acceptors (Lipinski definition) is 6. The van der Waals surface area contributed by atoms with E-state index in [-0.39, 0.29) is 15.6 Å². The van der Waals surface area contributed by atoms with Crippen molar-refractivity contribution >= 4 is 33.9 Å². The fraction of sp³-hybridized carbons (Fsp3) is 0.0769. The summed E-state index contributed by atoms with van der Waals surface area (Å²) in [5, 5.41) is 9.69. The first-order valence-corrected chi connectivity index (χ1v) is 6.77. The maximum Gasteiger partial charge on any atom is 0.347 e. The average Bonchev–Trinajstić information content (AvgIpc) is 2.82. The average molecular weight is 302 g/mol. The van der Waals surface area contributed by atoms with Crippen LogP contribution in [0.15, 0.2) is 29.3 Å². The van der Waals surface area contributed by atoms with Gasteiger partial charge in [-0.1, -0.05) is 11.3 Å². The second-order valence-electron chi connectivity index (χ2n) is 4.41. The molecule has 0 aliphatic rings. The lowest BCUT2D eigenvalue weighted by Gasteiger charge is -2.03. The summed E-state index contributed by atoms with van der Waals surface area (Å²) in [6.07, 6.45) is 1.34. The number of nitrogens with zero attached hydrogens (tertiary/aromatic N) is 3. The number of thiazole rings is 1. The molecule has 0 radical (unpaired) electrons. The van der Waals surface area contributed by atoms with E-state index in [9.17, 15) is 9.59 Å². The van der Waals surface area contributed by atoms with Gasteiger partial charge in [-0.25, -0.2) is 19.3 Å². The molecular formula is C13H10N4O3S. The van der Waals surface area contributed by atoms with Crippen molar-refractivity contribution in [1.29, 1.82) is 0 Å². The lowest BCUT2D eigenvalue weighted by Crippen LogP contribution is -2.18. The van der Waals surface area contributed by atoms with E-state index in [0.717, 1.165) is 11.3 Å². The number of benzene rings is 1. The smallest absolute Gasteiger partial charge is 0.347 e. The number of nitrogens with two attached hydrogens (primary N) is 1. The minimum absolute atomic E-state index is 0.101. The molecule has 3 N–H and O–H groups in total. The highest BCUT2D eigenvalue weighted by Crippen LogP contribution is 2.21. The number of carboxylic acids is 1. The van der Waals surface area contributed by atoms with Crippen LogP contribution in [0, 0.1) is 6.92 Å². The van der Waals surface area contributed by atoms with Gasteiger partial charge in [0.2, 0.25) is 0 Å². The summed E-state index contributed by atoms with van der Waals surface area (Å²) >= 11 is 0.929. The van der Waals surface area contributed by atoms with Gasteiger partial charge in [-0.2, -0.15) is 0 Å². The molecule has 2 heterocycles. The summed E-state index contributed by atoms with van der Waals surface area (Å²) in [5.41, 5.74) is 6.69. The molecule has 8 heteroatoms. The van der Waals surface area contributed by atoms with Gasteiger partial charge >= 0.3 is 5.97 Å². The number of rotatable bonds is 2. The van der Waals surface area contributed by atoms with Gasteiger partial charge in [0.15, 0.2) is 5.13 Å². The van der Waals surface area contributed by atoms with Crippen molar-refractivity contribution in [3.8, 4) is 5.13 Å². The number of nitrogen functional groups attached to an aromatic ring is 1. The van der Waals surface area contributed by atoms with Crippen molar-refractivity contribution in [3.05, 3.63) is 45.5 Å². The number of carboxylic acid groups (broad SMARTS) is 1. The molecule has 1 aromatic carbocycles. The molecular weight excluding hydrogens is 292 g/mol. The SMILES string of the molecule is Cc1nc(-n2cnc3ccc(N)cc3c2=O)sc1C(=O)O. The van der Waals surface area contributed by atoms with Crippen LogP contribution in [0.1, 0.15) is 15.4 Å². The summed E-state index contributed by atoms with van der Waals surface area (Å²) in [6, 6.07) is 4.86. The van der Waals surface area contributed by atoms with Crippen LogP contribution >= 0.6 is 11.3 Å². The minimum atomic E-state index is -1.07. The first-order valence-electron chi connectivity index (χ1n) is 5.95. The molecule has 0 unspecified atom stereocenters. The highest BCUT2D eigenvalue weighted by atomic mass is 32.1. The standard InChI is InChI=1S/C13H10N4O3S/c1-6-10(12(19)20)21-13(16-6)17-5-15-9-3-2-7(14)4-8(9)11(17)18/h2-5H,14H2,1H3,(H,19,20). The molecule has 0 saturated heterocycles. The van der Waals surface area contributed by atoms with Crippen molar-refractivity contribution in [2.24, 2.45) is 0 Å². The lowest BCUT2D eigenvalue weighted by molar-refractivity contribution is 0.0701. The summed E-state index contributed by atoms with van der Waals surface area (Å²) in [6.45, 7) is 1.58. The third-order valence-corrected chi connectivity index (χ3v) is 4.11. The van der Waals surface area contributed by atoms with E-state index >= 15 is 0 Å². The Morgan fingerprint density at radius 1 is 1.43 bits per heavy atom. The Morgan fingerprint density at radius 2 is 2.19 bits per heavy atom. The van der Waals surface area contributed by atoms with Crippen LogP contribution < -0.4 is 11.3 Å². The summed E-state index contributed by atoms with van der Waals surface area (Å²) in [5.74, 6) is -1.07. The van der Waals surface area contributed by atoms with Crippen LogP contribution in [0.25, 0.3) is 16.0 Å². The monoisotopic (exact) mass is 302 g/mol. The van der Waals surface area contributed by atoms with Gasteiger partial charge in [0, 0.05) is 5.69 Å². The maximum absolute atomic E-state index is 12.5. The maximum atomic E-state index is 12.5. The Morgan fingerprint density at radius 3 is 2.86 bits per heavy atom. The van der Waals surface area contributed by atoms with E-state index in [2.05, 4.69) is 9.97 Å². The molecule has 0 fully saturated rings. The fourth-order valence-corrected chi connectivity index (χ4v) is 2.83. The quantitative estimate of drug-likeness (QED) is 0.693. The fourth-order valence-electron chi connectivity index (χ4n) is 1.96. The molecule has 3 rings (SSSR count). The first kappa shape index (κ1) is 13.3. The number of anilines is 1. The summed E-state index contributed by atoms with van der Waals surface area (Å²) < 4.78 is 1.23. The Bertz CT molecular complexity index is 929. The zero-order chi connectivity index (χ0) is 15.1. The predicted molar refractivity (Wildman–Crippen MR) is 79.1 cm³/mol. The van der Waals surface area contributed by atoms with Crippen LogP contribution in [0.3, 0.4) is 0 Å². The molecule has 0 aliphatic heterocycles. The second kappa shape index (κ2) is 4.67. The van der Waals surface area contributed by atoms with E-state index in [1.807, 2.05) is 0 Å². The van der Waals surface area contributed by atoms with E-state index in [0.29, 0.717) is 22.3 Å². The highest BCUT2D eigenvalue weighted by molar-refractivity contribution is 7.16. The van der Waals surface area contributed by atoms with Crippen molar-refractivity contribution in [1.82, 2.24) is 14.5 Å². The molecule has 21 heavy (non-hydrogen) atoms. The van der Waals surface area contributed by atoms with Crippen molar-refractivity contribution in [2.75, 3.05) is 5.73 Å². The van der Waals surface area contributed by atoms with Gasteiger partial charge in [-0.15, -0.1) is 0 Å². The molecule has 0 spiro atoms. The van der Waals surface area contributed by atoms with Crippen LogP contribution in [0.4, 0.5) is 5.69 Å². The van der Waals surface area contributed by atoms with Crippen LogP contribution in [-0.2, 0) is 0 Å². The molecule has 106 valence electrons. The normalized spacial score (nSPS) is 10.9. The molecule has 0 bridgehead atoms. The predicted octanol–water partition coefficient (Wildman–Crippen LogP) is 1.43. The van der Waals surface area contributed by atoms with E-state index < -0.39 is 5.97 Å². The number of aromatic carboxylic acids is 1. The number of fused-ring (bicyclic) bond motifs is 1. The Kier molecular flexibility index (Phi) is 2.95. The molecule has 7 nitrogen and oxygen atoms in total. The Balaban J connectivity index is 2.26. The largest absolute Gasteiger partial charge is 0.477 e. The van der Waals surface area contributed by atoms with Crippen molar-refractivity contribution in [2.45, 2.75) is 6.92 Å². The molecule has 0 amide bonds. The van der Waals surface area contributed by atoms with E-state index in [1.165, 1.54) is 10.9 Å². The Labute approximate surface area is 122 Å². The molecule has 0 aliphatic carbocycles. The van der Waals surface area contributed by atoms with Crippen molar-refractivity contribution < 1.29 is 9.90 Å². The second-order valence-corrected chi connectivity index (χ2v) is 5.39. The van der Waals surface area contributed by atoms with Crippen molar-refractivity contribution in [3.63, 3.8) is 0 Å². The summed E-state index contributed by atoms with van der Waals surface area (Å²) in [7, 11) is 0. The van der Waals surface area contributed by atoms with Gasteiger partial charge in [0.25, 0.3) is 5.56 Å². The number of aromatic nitrogens is 3. The minimum Gasteiger partial charge on any atom is -0.477 e. The Hall–Kier alpha value is -2.74. The van der Waals surface area contributed by atoms with E-state index in [4.69, 9.17) is 10.8 Å². The first-order chi connectivity index (χ1) is 9.97. The van der Waals surface area contributed by atoms with Gasteiger partial charge < -0.3 is 10.8 Å². The van der Waals surface area contributed by atoms with Crippen LogP contribution in [0.5, 0.6) is 0 Å². The third-order valence-electron chi connectivity index (χ3n) is 2.97. The number of carbonyl (C=O) groups is 1. The van der Waals surface area contributed by atoms with Gasteiger partial charge in [0.1, 0.15) is 11.2 Å². The van der Waals surface area contributed by atoms with Crippen LogP contribution in [0.2, 0.25) is 0 Å². The van der Waals surface area contributed by atoms with Gasteiger partial charge in [-0.3, -0.25) is 4.79 Å². The zero-order valence-corrected chi connectivity index (χ0v) is 11.7. The molecule has 3 aromatic rings. The number of hydrogen-bond donors (Lipinski definition) is 2. The summed E-state index contributed by atoms with van der Waals surface area (Å²) in [4.78, 5) is 31.9.